The zero-order chi connectivity index (χ0) is 23.8. The lowest BCUT2D eigenvalue weighted by Gasteiger charge is -2.23. The number of benzene rings is 3. The van der Waals surface area contributed by atoms with Gasteiger partial charge in [0.25, 0.3) is 15.9 Å². The summed E-state index contributed by atoms with van der Waals surface area (Å²) >= 11 is 0. The number of amides is 1. The Morgan fingerprint density at radius 2 is 1.55 bits per heavy atom. The molecule has 0 unspecified atom stereocenters. The number of hydrogen-bond donors (Lipinski definition) is 0. The van der Waals surface area contributed by atoms with E-state index in [1.54, 1.807) is 56.6 Å². The van der Waals surface area contributed by atoms with Crippen LogP contribution in [0.2, 0.25) is 0 Å². The Morgan fingerprint density at radius 3 is 2.18 bits per heavy atom. The van der Waals surface area contributed by atoms with Crippen molar-refractivity contribution in [3.63, 3.8) is 0 Å². The van der Waals surface area contributed by atoms with E-state index in [0.717, 1.165) is 4.31 Å². The van der Waals surface area contributed by atoms with Crippen LogP contribution in [0.25, 0.3) is 11.0 Å². The van der Waals surface area contributed by atoms with Crippen molar-refractivity contribution in [3.8, 4) is 5.75 Å². The number of fused-ring (bicyclic) bond motifs is 1. The SMILES string of the molecule is COc1ccc(C(=O)N(Cc2ccccc2)S(=O)(=O)c2ccc3c(c2)n(C)c(=O)n3C)cc1. The first-order chi connectivity index (χ1) is 15.7. The van der Waals surface area contributed by atoms with Gasteiger partial charge >= 0.3 is 5.69 Å². The Labute approximate surface area is 191 Å². The molecular formula is C24H23N3O5S. The highest BCUT2D eigenvalue weighted by atomic mass is 32.2. The van der Waals surface area contributed by atoms with E-state index >= 15 is 0 Å². The van der Waals surface area contributed by atoms with Crippen molar-refractivity contribution in [1.29, 1.82) is 0 Å². The van der Waals surface area contributed by atoms with Crippen LogP contribution in [0.4, 0.5) is 0 Å². The highest BCUT2D eigenvalue weighted by Crippen LogP contribution is 2.25. The fraction of sp³-hybridized carbons (Fsp3) is 0.167. The lowest BCUT2D eigenvalue weighted by molar-refractivity contribution is 0.0855. The maximum absolute atomic E-state index is 13.7. The van der Waals surface area contributed by atoms with Crippen molar-refractivity contribution in [2.45, 2.75) is 11.4 Å². The quantitative estimate of drug-likeness (QED) is 0.437. The molecule has 1 heterocycles. The molecule has 0 atom stereocenters. The van der Waals surface area contributed by atoms with Crippen LogP contribution in [0.3, 0.4) is 0 Å². The van der Waals surface area contributed by atoms with Crippen molar-refractivity contribution < 1.29 is 17.9 Å². The molecule has 1 aromatic heterocycles. The van der Waals surface area contributed by atoms with Crippen LogP contribution < -0.4 is 10.4 Å². The van der Waals surface area contributed by atoms with Crippen molar-refractivity contribution in [2.24, 2.45) is 14.1 Å². The van der Waals surface area contributed by atoms with E-state index in [9.17, 15) is 18.0 Å². The summed E-state index contributed by atoms with van der Waals surface area (Å²) in [7, 11) is 0.457. The molecule has 1 amide bonds. The molecule has 0 aliphatic rings. The third-order valence-electron chi connectivity index (χ3n) is 5.56. The molecule has 33 heavy (non-hydrogen) atoms. The van der Waals surface area contributed by atoms with Crippen LogP contribution in [-0.4, -0.2) is 34.9 Å². The van der Waals surface area contributed by atoms with Crippen LogP contribution in [0.1, 0.15) is 15.9 Å². The molecule has 8 nitrogen and oxygen atoms in total. The van der Waals surface area contributed by atoms with E-state index in [2.05, 4.69) is 0 Å². The Bertz CT molecular complexity index is 1490. The number of carbonyl (C=O) groups is 1. The number of aromatic nitrogens is 2. The molecule has 0 aliphatic heterocycles. The first-order valence-electron chi connectivity index (χ1n) is 10.1. The second-order valence-corrected chi connectivity index (χ2v) is 9.44. The van der Waals surface area contributed by atoms with Gasteiger partial charge in [0.2, 0.25) is 0 Å². The zero-order valence-corrected chi connectivity index (χ0v) is 19.2. The van der Waals surface area contributed by atoms with Gasteiger partial charge in [-0.25, -0.2) is 17.5 Å². The number of aryl methyl sites for hydroxylation is 2. The minimum atomic E-state index is -4.25. The minimum Gasteiger partial charge on any atom is -0.497 e. The Kier molecular flexibility index (Phi) is 5.82. The highest BCUT2D eigenvalue weighted by molar-refractivity contribution is 7.89. The van der Waals surface area contributed by atoms with Crippen molar-refractivity contribution >= 4 is 27.0 Å². The maximum Gasteiger partial charge on any atom is 0.328 e. The summed E-state index contributed by atoms with van der Waals surface area (Å²) in [6.07, 6.45) is 0. The number of imidazole rings is 1. The van der Waals surface area contributed by atoms with Gasteiger partial charge in [0.1, 0.15) is 5.75 Å². The van der Waals surface area contributed by atoms with Crippen LogP contribution in [0.5, 0.6) is 5.75 Å². The van der Waals surface area contributed by atoms with Gasteiger partial charge in [-0.15, -0.1) is 0 Å². The van der Waals surface area contributed by atoms with E-state index in [0.29, 0.717) is 22.3 Å². The summed E-state index contributed by atoms with van der Waals surface area (Å²) in [6, 6.07) is 19.6. The van der Waals surface area contributed by atoms with Gasteiger partial charge < -0.3 is 4.74 Å². The third kappa shape index (κ3) is 4.03. The molecule has 0 radical (unpaired) electrons. The van der Waals surface area contributed by atoms with E-state index < -0.39 is 15.9 Å². The molecule has 0 saturated heterocycles. The van der Waals surface area contributed by atoms with Crippen molar-refractivity contribution in [3.05, 3.63) is 94.4 Å². The largest absolute Gasteiger partial charge is 0.497 e. The summed E-state index contributed by atoms with van der Waals surface area (Å²) in [6.45, 7) is -0.139. The molecule has 3 aromatic carbocycles. The van der Waals surface area contributed by atoms with Crippen LogP contribution in [0.15, 0.2) is 82.5 Å². The van der Waals surface area contributed by atoms with Gasteiger partial charge in [-0.2, -0.15) is 0 Å². The number of rotatable bonds is 6. The van der Waals surface area contributed by atoms with Gasteiger partial charge in [0, 0.05) is 19.7 Å². The summed E-state index contributed by atoms with van der Waals surface area (Å²) in [5.74, 6) is -0.108. The molecule has 0 N–H and O–H groups in total. The lowest BCUT2D eigenvalue weighted by Crippen LogP contribution is -2.36. The van der Waals surface area contributed by atoms with Crippen LogP contribution >= 0.6 is 0 Å². The second-order valence-electron chi connectivity index (χ2n) is 7.58. The second kappa shape index (κ2) is 8.59. The average Bonchev–Trinajstić information content (AvgIpc) is 3.06. The van der Waals surface area contributed by atoms with Gasteiger partial charge in [-0.05, 0) is 48.0 Å². The third-order valence-corrected chi connectivity index (χ3v) is 7.29. The van der Waals surface area contributed by atoms with E-state index in [4.69, 9.17) is 4.74 Å². The summed E-state index contributed by atoms with van der Waals surface area (Å²) in [4.78, 5) is 25.6. The number of hydrogen-bond acceptors (Lipinski definition) is 5. The Morgan fingerprint density at radius 1 is 0.909 bits per heavy atom. The number of sulfonamides is 1. The fourth-order valence-corrected chi connectivity index (χ4v) is 5.06. The molecule has 4 aromatic rings. The number of nitrogens with zero attached hydrogens (tertiary/aromatic N) is 3. The minimum absolute atomic E-state index is 0.0750. The average molecular weight is 466 g/mol. The number of ether oxygens (including phenoxy) is 1. The van der Waals surface area contributed by atoms with Crippen molar-refractivity contribution in [2.75, 3.05) is 7.11 Å². The standard InChI is InChI=1S/C24H23N3O5S/c1-25-21-14-13-20(15-22(21)26(2)24(25)29)33(30,31)27(16-17-7-5-4-6-8-17)23(28)18-9-11-19(32-3)12-10-18/h4-15H,16H2,1-3H3. The summed E-state index contributed by atoms with van der Waals surface area (Å²) in [5.41, 5.74) is 1.66. The molecule has 0 fully saturated rings. The first kappa shape index (κ1) is 22.3. The molecule has 0 bridgehead atoms. The predicted molar refractivity (Wildman–Crippen MR) is 125 cm³/mol. The smallest absolute Gasteiger partial charge is 0.328 e. The normalized spacial score (nSPS) is 11.5. The number of methoxy groups -OCH3 is 1. The molecule has 4 rings (SSSR count). The predicted octanol–water partition coefficient (Wildman–Crippen LogP) is 2.92. The maximum atomic E-state index is 13.7. The van der Waals surface area contributed by atoms with Gasteiger partial charge in [-0.1, -0.05) is 30.3 Å². The molecule has 170 valence electrons. The van der Waals surface area contributed by atoms with E-state index in [1.807, 2.05) is 6.07 Å². The topological polar surface area (TPSA) is 90.6 Å². The number of carbonyl (C=O) groups excluding carboxylic acids is 1. The zero-order valence-electron chi connectivity index (χ0n) is 18.4. The van der Waals surface area contributed by atoms with Gasteiger partial charge in [-0.3, -0.25) is 13.9 Å². The fourth-order valence-electron chi connectivity index (χ4n) is 3.67. The monoisotopic (exact) mass is 465 g/mol. The Hall–Kier alpha value is -3.85. The van der Waals surface area contributed by atoms with Gasteiger partial charge in [0.05, 0.1) is 29.6 Å². The van der Waals surface area contributed by atoms with Crippen molar-refractivity contribution in [1.82, 2.24) is 13.4 Å². The molecular weight excluding hydrogens is 442 g/mol. The molecule has 0 saturated carbocycles. The molecule has 0 spiro atoms. The molecule has 0 aliphatic carbocycles. The van der Waals surface area contributed by atoms with E-state index in [1.165, 1.54) is 40.5 Å². The van der Waals surface area contributed by atoms with Gasteiger partial charge in [0.15, 0.2) is 0 Å². The first-order valence-corrected chi connectivity index (χ1v) is 11.6. The molecule has 9 heteroatoms. The van der Waals surface area contributed by atoms with Crippen LogP contribution in [-0.2, 0) is 30.7 Å². The summed E-state index contributed by atoms with van der Waals surface area (Å²) in [5, 5.41) is 0. The Balaban J connectivity index is 1.83. The highest BCUT2D eigenvalue weighted by Gasteiger charge is 2.31. The van der Waals surface area contributed by atoms with Crippen LogP contribution in [0, 0.1) is 0 Å². The lowest BCUT2D eigenvalue weighted by atomic mass is 10.2. The van der Waals surface area contributed by atoms with E-state index in [-0.39, 0.29) is 22.7 Å². The summed E-state index contributed by atoms with van der Waals surface area (Å²) < 4.78 is 36.2.